The Morgan fingerprint density at radius 2 is 2.40 bits per heavy atom. The summed E-state index contributed by atoms with van der Waals surface area (Å²) in [4.78, 5) is 14.2. The molecule has 0 aromatic heterocycles. The van der Waals surface area contributed by atoms with E-state index in [1.807, 2.05) is 0 Å². The monoisotopic (exact) mass is 273 g/mol. The first-order valence-corrected chi connectivity index (χ1v) is 7.29. The number of ether oxygens (including phenoxy) is 2. The normalized spacial score (nSPS) is 39.4. The van der Waals surface area contributed by atoms with Gasteiger partial charge in [0.15, 0.2) is 0 Å². The molecular weight excluding hydrogens is 254 g/mol. The van der Waals surface area contributed by atoms with Gasteiger partial charge in [-0.05, 0) is 17.6 Å². The highest BCUT2D eigenvalue weighted by molar-refractivity contribution is 5.85. The third kappa shape index (κ3) is 1.52. The molecule has 106 valence electrons. The number of hydrogen-bond acceptors (Lipinski definition) is 4. The third-order valence-electron chi connectivity index (χ3n) is 5.20. The van der Waals surface area contributed by atoms with Crippen LogP contribution in [0.3, 0.4) is 0 Å². The van der Waals surface area contributed by atoms with Crippen LogP contribution in [-0.2, 0) is 14.3 Å². The second kappa shape index (κ2) is 4.30. The fourth-order valence-electron chi connectivity index (χ4n) is 4.22. The van der Waals surface area contributed by atoms with Crippen LogP contribution >= 0.6 is 0 Å². The van der Waals surface area contributed by atoms with E-state index in [-0.39, 0.29) is 17.6 Å². The van der Waals surface area contributed by atoms with Crippen LogP contribution in [0.4, 0.5) is 0 Å². The SMILES string of the molecule is COC1C=CC2=CCN3CCC4COC(=O)C=C4C23C1. The van der Waals surface area contributed by atoms with Crippen molar-refractivity contribution < 1.29 is 14.3 Å². The van der Waals surface area contributed by atoms with Crippen LogP contribution in [0.25, 0.3) is 0 Å². The van der Waals surface area contributed by atoms with Crippen LogP contribution in [0.15, 0.2) is 35.5 Å². The minimum atomic E-state index is -0.192. The maximum atomic E-state index is 11.7. The molecular formula is C16H19NO3. The van der Waals surface area contributed by atoms with Gasteiger partial charge in [-0.15, -0.1) is 0 Å². The van der Waals surface area contributed by atoms with Crippen LogP contribution in [0.1, 0.15) is 12.8 Å². The van der Waals surface area contributed by atoms with Crippen LogP contribution < -0.4 is 0 Å². The number of esters is 1. The van der Waals surface area contributed by atoms with Gasteiger partial charge in [0.1, 0.15) is 0 Å². The van der Waals surface area contributed by atoms with Crippen molar-refractivity contribution >= 4 is 5.97 Å². The molecule has 0 aromatic carbocycles. The quantitative estimate of drug-likeness (QED) is 0.678. The lowest BCUT2D eigenvalue weighted by atomic mass is 9.67. The van der Waals surface area contributed by atoms with Gasteiger partial charge >= 0.3 is 5.97 Å². The van der Waals surface area contributed by atoms with Crippen molar-refractivity contribution in [1.82, 2.24) is 4.90 Å². The predicted octanol–water partition coefficient (Wildman–Crippen LogP) is 1.45. The summed E-state index contributed by atoms with van der Waals surface area (Å²) in [5.41, 5.74) is 2.45. The molecule has 4 nitrogen and oxygen atoms in total. The average molecular weight is 273 g/mol. The van der Waals surface area contributed by atoms with Gasteiger partial charge < -0.3 is 9.47 Å². The van der Waals surface area contributed by atoms with Crippen LogP contribution in [0.2, 0.25) is 0 Å². The van der Waals surface area contributed by atoms with Crippen molar-refractivity contribution in [1.29, 1.82) is 0 Å². The lowest BCUT2D eigenvalue weighted by Crippen LogP contribution is -2.57. The van der Waals surface area contributed by atoms with Crippen molar-refractivity contribution in [3.05, 3.63) is 35.5 Å². The zero-order valence-electron chi connectivity index (χ0n) is 11.7. The smallest absolute Gasteiger partial charge is 0.330 e. The fourth-order valence-corrected chi connectivity index (χ4v) is 4.22. The maximum Gasteiger partial charge on any atom is 0.330 e. The lowest BCUT2D eigenvalue weighted by Gasteiger charge is -2.52. The fraction of sp³-hybridized carbons (Fsp3) is 0.562. The van der Waals surface area contributed by atoms with Gasteiger partial charge in [0.05, 0.1) is 18.2 Å². The number of cyclic esters (lactones) is 1. The average Bonchev–Trinajstić information content (AvgIpc) is 2.86. The Bertz CT molecular complexity index is 548. The zero-order chi connectivity index (χ0) is 13.7. The first-order chi connectivity index (χ1) is 9.74. The minimum Gasteiger partial charge on any atom is -0.462 e. The van der Waals surface area contributed by atoms with Crippen molar-refractivity contribution in [3.63, 3.8) is 0 Å². The van der Waals surface area contributed by atoms with E-state index in [4.69, 9.17) is 9.47 Å². The lowest BCUT2D eigenvalue weighted by molar-refractivity contribution is -0.141. The molecule has 1 fully saturated rings. The summed E-state index contributed by atoms with van der Waals surface area (Å²) < 4.78 is 10.8. The van der Waals surface area contributed by atoms with E-state index >= 15 is 0 Å². The predicted molar refractivity (Wildman–Crippen MR) is 74.1 cm³/mol. The zero-order valence-corrected chi connectivity index (χ0v) is 11.7. The molecule has 0 amide bonds. The summed E-state index contributed by atoms with van der Waals surface area (Å²) >= 11 is 0. The van der Waals surface area contributed by atoms with Crippen molar-refractivity contribution in [2.24, 2.45) is 5.92 Å². The van der Waals surface area contributed by atoms with Gasteiger partial charge in [0, 0.05) is 38.6 Å². The van der Waals surface area contributed by atoms with Crippen molar-refractivity contribution in [3.8, 4) is 0 Å². The van der Waals surface area contributed by atoms with Crippen LogP contribution in [-0.4, -0.2) is 49.3 Å². The maximum absolute atomic E-state index is 11.7. The first kappa shape index (κ1) is 12.4. The third-order valence-corrected chi connectivity index (χ3v) is 5.20. The molecule has 0 saturated carbocycles. The number of hydrogen-bond donors (Lipinski definition) is 0. The Hall–Kier alpha value is -1.39. The summed E-state index contributed by atoms with van der Waals surface area (Å²) in [6, 6.07) is 0. The number of fused-ring (bicyclic) bond motifs is 1. The first-order valence-electron chi connectivity index (χ1n) is 7.29. The molecule has 0 bridgehead atoms. The Morgan fingerprint density at radius 3 is 3.25 bits per heavy atom. The van der Waals surface area contributed by atoms with Gasteiger partial charge in [0.2, 0.25) is 0 Å². The van der Waals surface area contributed by atoms with Crippen molar-refractivity contribution in [2.75, 3.05) is 26.8 Å². The molecule has 4 rings (SSSR count). The minimum absolute atomic E-state index is 0.116. The molecule has 0 aromatic rings. The molecule has 3 aliphatic heterocycles. The molecule has 3 heterocycles. The summed E-state index contributed by atoms with van der Waals surface area (Å²) in [5.74, 6) is 0.178. The van der Waals surface area contributed by atoms with Crippen molar-refractivity contribution in [2.45, 2.75) is 24.5 Å². The number of carbonyl (C=O) groups is 1. The highest BCUT2D eigenvalue weighted by Gasteiger charge is 2.53. The van der Waals surface area contributed by atoms with Gasteiger partial charge in [-0.1, -0.05) is 18.2 Å². The Kier molecular flexibility index (Phi) is 2.66. The highest BCUT2D eigenvalue weighted by Crippen LogP contribution is 2.51. The van der Waals surface area contributed by atoms with Gasteiger partial charge in [-0.25, -0.2) is 4.79 Å². The summed E-state index contributed by atoms with van der Waals surface area (Å²) in [7, 11) is 1.75. The Balaban J connectivity index is 1.84. The number of rotatable bonds is 1. The van der Waals surface area contributed by atoms with E-state index in [9.17, 15) is 4.79 Å². The molecule has 0 radical (unpaired) electrons. The molecule has 4 aliphatic rings. The van der Waals surface area contributed by atoms with E-state index in [2.05, 4.69) is 23.1 Å². The molecule has 1 saturated heterocycles. The number of carbonyl (C=O) groups excluding carboxylic acids is 1. The second-order valence-electron chi connectivity index (χ2n) is 6.02. The molecule has 1 spiro atoms. The molecule has 20 heavy (non-hydrogen) atoms. The summed E-state index contributed by atoms with van der Waals surface area (Å²) in [6.07, 6.45) is 10.4. The molecule has 0 N–H and O–H groups in total. The Morgan fingerprint density at radius 1 is 1.50 bits per heavy atom. The van der Waals surface area contributed by atoms with E-state index in [0.29, 0.717) is 12.5 Å². The number of methoxy groups -OCH3 is 1. The number of piperidine rings is 1. The second-order valence-corrected chi connectivity index (χ2v) is 6.02. The van der Waals surface area contributed by atoms with E-state index < -0.39 is 0 Å². The van der Waals surface area contributed by atoms with Gasteiger partial charge in [-0.3, -0.25) is 4.90 Å². The van der Waals surface area contributed by atoms with Gasteiger partial charge in [0.25, 0.3) is 0 Å². The number of nitrogens with zero attached hydrogens (tertiary/aromatic N) is 1. The van der Waals surface area contributed by atoms with Crippen LogP contribution in [0, 0.1) is 5.92 Å². The largest absolute Gasteiger partial charge is 0.462 e. The summed E-state index contributed by atoms with van der Waals surface area (Å²) in [6.45, 7) is 2.56. The summed E-state index contributed by atoms with van der Waals surface area (Å²) in [5, 5.41) is 0. The molecule has 4 heteroatoms. The highest BCUT2D eigenvalue weighted by atomic mass is 16.5. The van der Waals surface area contributed by atoms with E-state index in [1.54, 1.807) is 13.2 Å². The molecule has 3 atom stereocenters. The van der Waals surface area contributed by atoms with E-state index in [1.165, 1.54) is 11.1 Å². The van der Waals surface area contributed by atoms with Gasteiger partial charge in [-0.2, -0.15) is 0 Å². The Labute approximate surface area is 118 Å². The molecule has 3 unspecified atom stereocenters. The topological polar surface area (TPSA) is 38.8 Å². The standard InChI is InChI=1S/C16H19NO3/c1-19-13-3-2-12-5-7-17-6-4-11-10-20-15(18)8-14(11)16(12,17)9-13/h2-3,5,8,11,13H,4,6-7,9-10H2,1H3. The molecule has 1 aliphatic carbocycles. The van der Waals surface area contributed by atoms with E-state index in [0.717, 1.165) is 25.9 Å². The van der Waals surface area contributed by atoms with Crippen LogP contribution in [0.5, 0.6) is 0 Å².